The number of anilines is 2. The quantitative estimate of drug-likeness (QED) is 0.679. The summed E-state index contributed by atoms with van der Waals surface area (Å²) in [6.07, 6.45) is 2.18. The van der Waals surface area contributed by atoms with Crippen LogP contribution in [0.25, 0.3) is 6.08 Å². The van der Waals surface area contributed by atoms with Gasteiger partial charge in [-0.05, 0) is 62.7 Å². The molecule has 0 spiro atoms. The van der Waals surface area contributed by atoms with Gasteiger partial charge in [0.1, 0.15) is 11.4 Å². The molecule has 7 heteroatoms. The van der Waals surface area contributed by atoms with Gasteiger partial charge < -0.3 is 10.1 Å². The lowest BCUT2D eigenvalue weighted by atomic mass is 10.2. The van der Waals surface area contributed by atoms with Crippen LogP contribution in [0.15, 0.2) is 48.5 Å². The van der Waals surface area contributed by atoms with Gasteiger partial charge in [-0.15, -0.1) is 0 Å². The molecule has 5 nitrogen and oxygen atoms in total. The van der Waals surface area contributed by atoms with E-state index in [2.05, 4.69) is 10.6 Å². The average molecular weight is 391 g/mol. The molecule has 0 radical (unpaired) electrons. The lowest BCUT2D eigenvalue weighted by Gasteiger charge is -2.19. The maximum atomic E-state index is 13.9. The van der Waals surface area contributed by atoms with Crippen molar-refractivity contribution in [2.75, 3.05) is 10.6 Å². The average Bonchev–Trinajstić information content (AvgIpc) is 2.55. The van der Waals surface area contributed by atoms with Crippen molar-refractivity contribution in [2.45, 2.75) is 26.4 Å². The van der Waals surface area contributed by atoms with E-state index in [1.165, 1.54) is 18.2 Å². The first kappa shape index (κ1) is 20.5. The van der Waals surface area contributed by atoms with E-state index in [1.807, 2.05) is 0 Å². The Bertz CT molecular complexity index is 859. The number of amides is 2. The van der Waals surface area contributed by atoms with Crippen molar-refractivity contribution in [3.05, 3.63) is 64.9 Å². The summed E-state index contributed by atoms with van der Waals surface area (Å²) in [5.41, 5.74) is 0.348. The van der Waals surface area contributed by atoms with Gasteiger partial charge in [0, 0.05) is 16.8 Å². The fraction of sp³-hybridized carbons (Fsp3) is 0.200. The van der Waals surface area contributed by atoms with Crippen molar-refractivity contribution in [1.29, 1.82) is 0 Å². The largest absolute Gasteiger partial charge is 0.444 e. The smallest absolute Gasteiger partial charge is 0.412 e. The van der Waals surface area contributed by atoms with Crippen LogP contribution in [-0.2, 0) is 9.53 Å². The summed E-state index contributed by atoms with van der Waals surface area (Å²) in [5.74, 6) is -1.14. The van der Waals surface area contributed by atoms with Crippen molar-refractivity contribution in [2.24, 2.45) is 0 Å². The van der Waals surface area contributed by atoms with Crippen LogP contribution >= 0.6 is 11.6 Å². The van der Waals surface area contributed by atoms with Crippen LogP contribution in [-0.4, -0.2) is 17.6 Å². The predicted octanol–water partition coefficient (Wildman–Crippen LogP) is 5.48. The second-order valence-electron chi connectivity index (χ2n) is 6.70. The van der Waals surface area contributed by atoms with Crippen LogP contribution in [0.4, 0.5) is 20.6 Å². The highest BCUT2D eigenvalue weighted by molar-refractivity contribution is 6.30. The van der Waals surface area contributed by atoms with Gasteiger partial charge in [-0.2, -0.15) is 0 Å². The molecule has 0 saturated heterocycles. The first-order valence-electron chi connectivity index (χ1n) is 8.16. The van der Waals surface area contributed by atoms with E-state index in [0.717, 1.165) is 11.6 Å². The van der Waals surface area contributed by atoms with Crippen molar-refractivity contribution in [1.82, 2.24) is 0 Å². The van der Waals surface area contributed by atoms with E-state index >= 15 is 0 Å². The summed E-state index contributed by atoms with van der Waals surface area (Å²) in [4.78, 5) is 23.8. The topological polar surface area (TPSA) is 67.4 Å². The zero-order valence-corrected chi connectivity index (χ0v) is 15.9. The van der Waals surface area contributed by atoms with Crippen LogP contribution in [0.2, 0.25) is 5.02 Å². The van der Waals surface area contributed by atoms with E-state index in [-0.39, 0.29) is 5.69 Å². The van der Waals surface area contributed by atoms with Gasteiger partial charge in [0.25, 0.3) is 0 Å². The first-order chi connectivity index (χ1) is 12.6. The van der Waals surface area contributed by atoms with Crippen LogP contribution in [0.3, 0.4) is 0 Å². The Morgan fingerprint density at radius 3 is 2.37 bits per heavy atom. The van der Waals surface area contributed by atoms with Crippen molar-refractivity contribution >= 4 is 41.1 Å². The Morgan fingerprint density at radius 2 is 1.74 bits per heavy atom. The number of hydrogen-bond donors (Lipinski definition) is 2. The molecule has 2 aromatic carbocycles. The molecule has 2 rings (SSSR count). The van der Waals surface area contributed by atoms with Gasteiger partial charge in [0.15, 0.2) is 0 Å². The Balaban J connectivity index is 2.03. The Labute approximate surface area is 162 Å². The molecule has 0 aliphatic carbocycles. The highest BCUT2D eigenvalue weighted by atomic mass is 35.5. The van der Waals surface area contributed by atoms with Crippen molar-refractivity contribution in [3.8, 4) is 0 Å². The van der Waals surface area contributed by atoms with Gasteiger partial charge in [0.05, 0.1) is 5.69 Å². The molecule has 0 bridgehead atoms. The molecule has 0 atom stereocenters. The maximum absolute atomic E-state index is 13.9. The molecule has 27 heavy (non-hydrogen) atoms. The van der Waals surface area contributed by atoms with Gasteiger partial charge >= 0.3 is 6.09 Å². The maximum Gasteiger partial charge on any atom is 0.412 e. The minimum Gasteiger partial charge on any atom is -0.444 e. The molecule has 0 saturated carbocycles. The number of carbonyl (C=O) groups is 2. The van der Waals surface area contributed by atoms with Crippen LogP contribution in [0, 0.1) is 5.82 Å². The molecule has 0 aliphatic rings. The van der Waals surface area contributed by atoms with Gasteiger partial charge in [-0.3, -0.25) is 10.1 Å². The third-order valence-corrected chi connectivity index (χ3v) is 3.42. The molecular weight excluding hydrogens is 371 g/mol. The summed E-state index contributed by atoms with van der Waals surface area (Å²) in [6.45, 7) is 5.20. The third kappa shape index (κ3) is 7.11. The summed E-state index contributed by atoms with van der Waals surface area (Å²) >= 11 is 5.80. The molecule has 0 heterocycles. The number of ether oxygens (including phenoxy) is 1. The lowest BCUT2D eigenvalue weighted by Crippen LogP contribution is -2.27. The number of halogens is 2. The van der Waals surface area contributed by atoms with Crippen molar-refractivity contribution < 1.29 is 18.7 Å². The van der Waals surface area contributed by atoms with Crippen molar-refractivity contribution in [3.63, 3.8) is 0 Å². The molecule has 2 N–H and O–H groups in total. The molecule has 0 fully saturated rings. The van der Waals surface area contributed by atoms with E-state index in [1.54, 1.807) is 51.1 Å². The van der Waals surface area contributed by atoms with Gasteiger partial charge in [-0.1, -0.05) is 23.7 Å². The van der Waals surface area contributed by atoms with Gasteiger partial charge in [-0.25, -0.2) is 9.18 Å². The van der Waals surface area contributed by atoms with Crippen LogP contribution < -0.4 is 10.6 Å². The minimum atomic E-state index is -0.672. The summed E-state index contributed by atoms with van der Waals surface area (Å²) in [7, 11) is 0. The minimum absolute atomic E-state index is 0.0608. The van der Waals surface area contributed by atoms with E-state index in [0.29, 0.717) is 10.7 Å². The van der Waals surface area contributed by atoms with Crippen LogP contribution in [0.1, 0.15) is 26.3 Å². The molecule has 0 unspecified atom stereocenters. The number of benzene rings is 2. The van der Waals surface area contributed by atoms with E-state index in [4.69, 9.17) is 16.3 Å². The molecule has 0 aromatic heterocycles. The number of carbonyl (C=O) groups excluding carboxylic acids is 2. The predicted molar refractivity (Wildman–Crippen MR) is 105 cm³/mol. The first-order valence-corrected chi connectivity index (χ1v) is 8.54. The van der Waals surface area contributed by atoms with Gasteiger partial charge in [0.2, 0.25) is 5.91 Å². The lowest BCUT2D eigenvalue weighted by molar-refractivity contribution is -0.111. The summed E-state index contributed by atoms with van der Waals surface area (Å²) in [5, 5.41) is 5.52. The van der Waals surface area contributed by atoms with E-state index in [9.17, 15) is 14.0 Å². The molecular formula is C20H20ClFN2O3. The zero-order chi connectivity index (χ0) is 20.0. The highest BCUT2D eigenvalue weighted by Gasteiger charge is 2.16. The van der Waals surface area contributed by atoms with E-state index < -0.39 is 23.4 Å². The molecule has 142 valence electrons. The standard InChI is InChI=1S/C20H20ClFN2O3/c1-20(2,3)27-19(26)23-15-9-10-16(22)17(12-15)24-18(25)11-6-13-4-7-14(21)8-5-13/h4-12H,1-3H3,(H,23,26)(H,24,25)/b11-6+. The monoisotopic (exact) mass is 390 g/mol. The zero-order valence-electron chi connectivity index (χ0n) is 15.2. The number of hydrogen-bond acceptors (Lipinski definition) is 3. The fourth-order valence-corrected chi connectivity index (χ4v) is 2.17. The molecule has 2 amide bonds. The normalized spacial score (nSPS) is 11.3. The molecule has 2 aromatic rings. The highest BCUT2D eigenvalue weighted by Crippen LogP contribution is 2.21. The number of rotatable bonds is 4. The van der Waals surface area contributed by atoms with Crippen LogP contribution in [0.5, 0.6) is 0 Å². The third-order valence-electron chi connectivity index (χ3n) is 3.17. The second-order valence-corrected chi connectivity index (χ2v) is 7.13. The number of nitrogens with one attached hydrogen (secondary N) is 2. The Kier molecular flexibility index (Phi) is 6.58. The Hall–Kier alpha value is -2.86. The Morgan fingerprint density at radius 1 is 1.07 bits per heavy atom. The second kappa shape index (κ2) is 8.68. The molecule has 0 aliphatic heterocycles. The fourth-order valence-electron chi connectivity index (χ4n) is 2.04. The SMILES string of the molecule is CC(C)(C)OC(=O)Nc1ccc(F)c(NC(=O)/C=C/c2ccc(Cl)cc2)c1. The summed E-state index contributed by atoms with van der Waals surface area (Å²) < 4.78 is 19.1. The summed E-state index contributed by atoms with van der Waals surface area (Å²) in [6, 6.07) is 10.7.